The van der Waals surface area contributed by atoms with Crippen molar-refractivity contribution in [3.8, 4) is 0 Å². The van der Waals surface area contributed by atoms with Crippen LogP contribution in [0.5, 0.6) is 0 Å². The van der Waals surface area contributed by atoms with Crippen LogP contribution in [0.1, 0.15) is 57.6 Å². The summed E-state index contributed by atoms with van der Waals surface area (Å²) in [5, 5.41) is 10.7. The third-order valence-electron chi connectivity index (χ3n) is 6.39. The van der Waals surface area contributed by atoms with E-state index in [-0.39, 0.29) is 28.7 Å². The molecular weight excluding hydrogens is 504 g/mol. The molecule has 8 heteroatoms. The quantitative estimate of drug-likeness (QED) is 0.483. The van der Waals surface area contributed by atoms with Crippen LogP contribution in [0.4, 0.5) is 0 Å². The predicted molar refractivity (Wildman–Crippen MR) is 134 cm³/mol. The van der Waals surface area contributed by atoms with E-state index in [1.54, 1.807) is 16.4 Å². The van der Waals surface area contributed by atoms with Gasteiger partial charge in [0.2, 0.25) is 15.9 Å². The van der Waals surface area contributed by atoms with Gasteiger partial charge in [-0.1, -0.05) is 61.0 Å². The summed E-state index contributed by atoms with van der Waals surface area (Å²) in [5.41, 5.74) is 3.41. The molecule has 0 spiro atoms. The van der Waals surface area contributed by atoms with Crippen molar-refractivity contribution in [2.75, 3.05) is 6.54 Å². The van der Waals surface area contributed by atoms with Gasteiger partial charge in [-0.15, -0.1) is 0 Å². The van der Waals surface area contributed by atoms with Crippen molar-refractivity contribution in [2.24, 2.45) is 11.8 Å². The van der Waals surface area contributed by atoms with E-state index in [1.807, 2.05) is 36.4 Å². The summed E-state index contributed by atoms with van der Waals surface area (Å²) in [6.07, 6.45) is 2.63. The molecule has 0 unspecified atom stereocenters. The van der Waals surface area contributed by atoms with Crippen LogP contribution >= 0.6 is 15.9 Å². The molecule has 1 saturated carbocycles. The van der Waals surface area contributed by atoms with Crippen LogP contribution in [0.2, 0.25) is 0 Å². The molecule has 0 bridgehead atoms. The highest BCUT2D eigenvalue weighted by atomic mass is 79.9. The molecule has 3 rings (SSSR count). The Bertz CT molecular complexity index is 1060. The lowest BCUT2D eigenvalue weighted by molar-refractivity contribution is -0.125. The molecule has 1 fully saturated rings. The molecule has 0 radical (unpaired) electrons. The number of nitrogens with one attached hydrogen (secondary N) is 1. The SMILES string of the molecule is CC(C)(C)c1ccc(S(=O)(=O)N(Cc2cccc(Br)c2)CC2CCC(C(=O)N[O-])CC2)cc1. The number of hydroxylamine groups is 1. The topological polar surface area (TPSA) is 89.5 Å². The number of nitrogens with zero attached hydrogens (tertiary/aromatic N) is 1. The summed E-state index contributed by atoms with van der Waals surface area (Å²) in [7, 11) is -3.72. The Kier molecular flexibility index (Phi) is 8.37. The third-order valence-corrected chi connectivity index (χ3v) is 8.71. The number of hydrogen-bond donors (Lipinski definition) is 1. The monoisotopic (exact) mass is 535 g/mol. The molecule has 33 heavy (non-hydrogen) atoms. The van der Waals surface area contributed by atoms with Gasteiger partial charge in [0, 0.05) is 23.5 Å². The molecule has 180 valence electrons. The minimum atomic E-state index is -3.72. The van der Waals surface area contributed by atoms with Gasteiger partial charge in [0.15, 0.2) is 0 Å². The number of halogens is 1. The van der Waals surface area contributed by atoms with Gasteiger partial charge in [-0.2, -0.15) is 4.31 Å². The van der Waals surface area contributed by atoms with Gasteiger partial charge in [-0.3, -0.25) is 4.79 Å². The lowest BCUT2D eigenvalue weighted by Gasteiger charge is -2.32. The maximum Gasteiger partial charge on any atom is 0.243 e. The summed E-state index contributed by atoms with van der Waals surface area (Å²) in [4.78, 5) is 12.0. The first-order valence-corrected chi connectivity index (χ1v) is 13.5. The van der Waals surface area contributed by atoms with E-state index in [2.05, 4.69) is 36.7 Å². The van der Waals surface area contributed by atoms with E-state index in [4.69, 9.17) is 0 Å². The highest BCUT2D eigenvalue weighted by molar-refractivity contribution is 9.10. The van der Waals surface area contributed by atoms with E-state index in [0.29, 0.717) is 32.2 Å². The molecule has 1 aliphatic carbocycles. The highest BCUT2D eigenvalue weighted by Crippen LogP contribution is 2.32. The van der Waals surface area contributed by atoms with E-state index >= 15 is 0 Å². The van der Waals surface area contributed by atoms with Crippen LogP contribution in [0.15, 0.2) is 57.9 Å². The minimum absolute atomic E-state index is 0.0622. The Morgan fingerprint density at radius 3 is 2.27 bits per heavy atom. The van der Waals surface area contributed by atoms with E-state index in [0.717, 1.165) is 15.6 Å². The summed E-state index contributed by atoms with van der Waals surface area (Å²) < 4.78 is 29.8. The molecule has 1 N–H and O–H groups in total. The second kappa shape index (κ2) is 10.7. The second-order valence-electron chi connectivity index (χ2n) is 9.89. The maximum atomic E-state index is 13.7. The predicted octanol–water partition coefficient (Wildman–Crippen LogP) is 5.36. The molecule has 0 heterocycles. The molecule has 6 nitrogen and oxygen atoms in total. The number of hydrogen-bond acceptors (Lipinski definition) is 4. The average molecular weight is 537 g/mol. The van der Waals surface area contributed by atoms with E-state index < -0.39 is 15.9 Å². The zero-order chi connectivity index (χ0) is 24.2. The van der Waals surface area contributed by atoms with Gasteiger partial charge in [0.1, 0.15) is 0 Å². The number of benzene rings is 2. The maximum absolute atomic E-state index is 13.7. The minimum Gasteiger partial charge on any atom is -0.759 e. The Hall–Kier alpha value is -1.74. The van der Waals surface area contributed by atoms with Gasteiger partial charge in [-0.25, -0.2) is 8.42 Å². The molecule has 1 amide bonds. The van der Waals surface area contributed by atoms with Crippen LogP contribution < -0.4 is 5.48 Å². The number of amides is 1. The van der Waals surface area contributed by atoms with Crippen molar-refractivity contribution in [1.82, 2.24) is 9.79 Å². The largest absolute Gasteiger partial charge is 0.759 e. The first kappa shape index (κ1) is 25.9. The molecule has 0 atom stereocenters. The molecule has 2 aromatic rings. The normalized spacial score (nSPS) is 19.5. The Morgan fingerprint density at radius 2 is 1.73 bits per heavy atom. The molecule has 2 aromatic carbocycles. The zero-order valence-corrected chi connectivity index (χ0v) is 21.8. The lowest BCUT2D eigenvalue weighted by Crippen LogP contribution is -2.37. The van der Waals surface area contributed by atoms with Gasteiger partial charge in [0.05, 0.1) is 4.90 Å². The van der Waals surface area contributed by atoms with Crippen molar-refractivity contribution in [2.45, 2.75) is 63.3 Å². The van der Waals surface area contributed by atoms with Gasteiger partial charge < -0.3 is 10.7 Å². The molecule has 0 saturated heterocycles. The lowest BCUT2D eigenvalue weighted by atomic mass is 9.81. The van der Waals surface area contributed by atoms with Crippen molar-refractivity contribution in [3.05, 3.63) is 69.3 Å². The Labute approximate surface area is 205 Å². The van der Waals surface area contributed by atoms with Crippen LogP contribution in [-0.4, -0.2) is 25.2 Å². The van der Waals surface area contributed by atoms with Crippen LogP contribution in [0, 0.1) is 17.0 Å². The Balaban J connectivity index is 1.84. The van der Waals surface area contributed by atoms with Crippen molar-refractivity contribution in [3.63, 3.8) is 0 Å². The van der Waals surface area contributed by atoms with Crippen LogP contribution in [0.25, 0.3) is 0 Å². The number of carbonyl (C=O) groups is 1. The number of rotatable bonds is 7. The van der Waals surface area contributed by atoms with Crippen molar-refractivity contribution < 1.29 is 13.2 Å². The summed E-state index contributed by atoms with van der Waals surface area (Å²) in [6.45, 7) is 6.93. The second-order valence-corrected chi connectivity index (χ2v) is 12.7. The highest BCUT2D eigenvalue weighted by Gasteiger charge is 2.31. The van der Waals surface area contributed by atoms with E-state index in [1.165, 1.54) is 5.48 Å². The smallest absolute Gasteiger partial charge is 0.243 e. The van der Waals surface area contributed by atoms with E-state index in [9.17, 15) is 18.4 Å². The standard InChI is InChI=1S/C25H32BrN2O4S/c1-25(2,3)21-11-13-23(14-12-21)33(31,32)28(17-19-5-4-6-22(26)15-19)16-18-7-9-20(10-8-18)24(29)27-30/h4-6,11-15,18,20H,7-10,16-17H2,1-3H3,(H-,27,29,30)/q-1. The summed E-state index contributed by atoms with van der Waals surface area (Å²) >= 11 is 3.47. The van der Waals surface area contributed by atoms with Gasteiger partial charge in [-0.05, 0) is 72.4 Å². The van der Waals surface area contributed by atoms with Crippen LogP contribution in [0.3, 0.4) is 0 Å². The number of sulfonamides is 1. The van der Waals surface area contributed by atoms with Gasteiger partial charge in [0.25, 0.3) is 0 Å². The average Bonchev–Trinajstić information content (AvgIpc) is 2.78. The van der Waals surface area contributed by atoms with Gasteiger partial charge >= 0.3 is 0 Å². The van der Waals surface area contributed by atoms with Crippen LogP contribution in [-0.2, 0) is 26.8 Å². The zero-order valence-electron chi connectivity index (χ0n) is 19.4. The van der Waals surface area contributed by atoms with Crippen molar-refractivity contribution in [1.29, 1.82) is 0 Å². The van der Waals surface area contributed by atoms with Crippen molar-refractivity contribution >= 4 is 31.9 Å². The summed E-state index contributed by atoms with van der Waals surface area (Å²) in [5.74, 6) is -0.610. The number of carbonyl (C=O) groups excluding carboxylic acids is 1. The summed E-state index contributed by atoms with van der Waals surface area (Å²) in [6, 6.07) is 14.8. The fourth-order valence-corrected chi connectivity index (χ4v) is 6.29. The first-order valence-electron chi connectivity index (χ1n) is 11.3. The first-order chi connectivity index (χ1) is 15.5. The fourth-order valence-electron chi connectivity index (χ4n) is 4.34. The molecule has 0 aliphatic heterocycles. The molecule has 1 aliphatic rings. The Morgan fingerprint density at radius 1 is 1.09 bits per heavy atom. The molecular formula is C25H32BrN2O4S-. The molecule has 0 aromatic heterocycles. The fraction of sp³-hybridized carbons (Fsp3) is 0.480. The third kappa shape index (κ3) is 6.66.